The van der Waals surface area contributed by atoms with E-state index in [1.54, 1.807) is 0 Å². The first-order chi connectivity index (χ1) is 3.56. The van der Waals surface area contributed by atoms with Crippen molar-refractivity contribution in [2.45, 2.75) is 0 Å². The average molecular weight is 160 g/mol. The highest BCUT2D eigenvalue weighted by atomic mass is 35.5. The lowest BCUT2D eigenvalue weighted by Gasteiger charge is -1.99. The largest absolute Gasteiger partial charge is 0.353 e. The Balaban J connectivity index is 3.26. The highest BCUT2D eigenvalue weighted by molar-refractivity contribution is 7.51. The lowest BCUT2D eigenvalue weighted by atomic mass is 11.5. The number of hydrogen-bond donors (Lipinski definition) is 2. The Hall–Kier alpha value is 0.400. The van der Waals surface area contributed by atoms with E-state index in [0.717, 1.165) is 0 Å². The minimum absolute atomic E-state index is 0.189. The van der Waals surface area contributed by atoms with Crippen LogP contribution in [-0.4, -0.2) is 22.2 Å². The molecule has 0 aliphatic carbocycles. The van der Waals surface area contributed by atoms with E-state index in [4.69, 9.17) is 21.4 Å². The van der Waals surface area contributed by atoms with Crippen LogP contribution in [0.15, 0.2) is 0 Å². The van der Waals surface area contributed by atoms with Crippen molar-refractivity contribution < 1.29 is 19.1 Å². The van der Waals surface area contributed by atoms with Gasteiger partial charge in [0, 0.05) is 0 Å². The molecule has 0 aliphatic heterocycles. The minimum atomic E-state index is -3.99. The number of rotatable bonds is 3. The van der Waals surface area contributed by atoms with E-state index < -0.39 is 13.9 Å². The highest BCUT2D eigenvalue weighted by Crippen LogP contribution is 2.33. The fraction of sp³-hybridized carbons (Fsp3) is 1.00. The Morgan fingerprint density at radius 2 is 2.12 bits per heavy atom. The molecule has 0 aromatic heterocycles. The topological polar surface area (TPSA) is 66.8 Å². The van der Waals surface area contributed by atoms with Gasteiger partial charge in [-0.2, -0.15) is 0 Å². The molecular formula is C2H6ClO4P. The number of halogens is 1. The Bertz CT molecular complexity index is 98.2. The smallest absolute Gasteiger partial charge is 0.351 e. The van der Waals surface area contributed by atoms with Gasteiger partial charge in [0.15, 0.2) is 0 Å². The molecule has 0 spiro atoms. The van der Waals surface area contributed by atoms with E-state index in [1.165, 1.54) is 0 Å². The van der Waals surface area contributed by atoms with Crippen molar-refractivity contribution in [3.8, 4) is 0 Å². The van der Waals surface area contributed by atoms with Crippen LogP contribution >= 0.6 is 19.2 Å². The molecule has 0 fully saturated rings. The predicted molar refractivity (Wildman–Crippen MR) is 28.7 cm³/mol. The predicted octanol–water partition coefficient (Wildman–Crippen LogP) is 0.334. The monoisotopic (exact) mass is 160 g/mol. The van der Waals surface area contributed by atoms with Crippen molar-refractivity contribution in [1.82, 2.24) is 0 Å². The first kappa shape index (κ1) is 8.40. The van der Waals surface area contributed by atoms with Gasteiger partial charge >= 0.3 is 7.60 Å². The molecule has 0 rings (SSSR count). The van der Waals surface area contributed by atoms with E-state index in [9.17, 15) is 4.57 Å². The van der Waals surface area contributed by atoms with E-state index in [-0.39, 0.29) is 6.07 Å². The SMILES string of the molecule is O=P(O)(O)COCCl. The van der Waals surface area contributed by atoms with Crippen LogP contribution in [0.5, 0.6) is 0 Å². The lowest BCUT2D eigenvalue weighted by molar-refractivity contribution is 0.200. The molecule has 0 amide bonds. The fourth-order valence-electron chi connectivity index (χ4n) is 0.153. The molecule has 0 saturated heterocycles. The molecule has 0 heterocycles. The van der Waals surface area contributed by atoms with Crippen LogP contribution in [0.3, 0.4) is 0 Å². The zero-order valence-electron chi connectivity index (χ0n) is 3.95. The van der Waals surface area contributed by atoms with Gasteiger partial charge in [-0.3, -0.25) is 4.57 Å². The van der Waals surface area contributed by atoms with E-state index in [2.05, 4.69) is 4.74 Å². The van der Waals surface area contributed by atoms with Crippen molar-refractivity contribution in [3.63, 3.8) is 0 Å². The summed E-state index contributed by atoms with van der Waals surface area (Å²) in [5.41, 5.74) is 0. The molecule has 0 aromatic carbocycles. The van der Waals surface area contributed by atoms with Crippen LogP contribution in [-0.2, 0) is 9.30 Å². The third-order valence-electron chi connectivity index (χ3n) is 0.337. The summed E-state index contributed by atoms with van der Waals surface area (Å²) in [6, 6.07) is -0.189. The van der Waals surface area contributed by atoms with E-state index >= 15 is 0 Å². The second kappa shape index (κ2) is 3.43. The zero-order valence-corrected chi connectivity index (χ0v) is 5.60. The quantitative estimate of drug-likeness (QED) is 0.461. The summed E-state index contributed by atoms with van der Waals surface area (Å²) < 4.78 is 14.1. The maximum absolute atomic E-state index is 9.90. The third-order valence-corrected chi connectivity index (χ3v) is 1.01. The Morgan fingerprint density at radius 1 is 1.62 bits per heavy atom. The molecule has 0 unspecified atom stereocenters. The van der Waals surface area contributed by atoms with Crippen molar-refractivity contribution in [2.75, 3.05) is 12.4 Å². The summed E-state index contributed by atoms with van der Waals surface area (Å²) >= 11 is 4.94. The highest BCUT2D eigenvalue weighted by Gasteiger charge is 2.11. The Labute approximate surface area is 51.6 Å². The summed E-state index contributed by atoms with van der Waals surface area (Å²) in [5.74, 6) is 0. The van der Waals surface area contributed by atoms with Gasteiger partial charge in [-0.05, 0) is 0 Å². The first-order valence-corrected chi connectivity index (χ1v) is 4.08. The molecule has 0 radical (unpaired) electrons. The lowest BCUT2D eigenvalue weighted by Crippen LogP contribution is -1.91. The van der Waals surface area contributed by atoms with Crippen LogP contribution in [0.2, 0.25) is 0 Å². The molecule has 6 heteroatoms. The molecule has 0 bridgehead atoms. The van der Waals surface area contributed by atoms with Gasteiger partial charge in [0.2, 0.25) is 0 Å². The van der Waals surface area contributed by atoms with Crippen LogP contribution in [0.1, 0.15) is 0 Å². The van der Waals surface area contributed by atoms with Gasteiger partial charge in [-0.25, -0.2) is 0 Å². The summed E-state index contributed by atoms with van der Waals surface area (Å²) in [5, 5.41) is 0. The fourth-order valence-corrected chi connectivity index (χ4v) is 0.667. The van der Waals surface area contributed by atoms with Gasteiger partial charge in [0.1, 0.15) is 12.4 Å². The van der Waals surface area contributed by atoms with Gasteiger partial charge in [0.25, 0.3) is 0 Å². The van der Waals surface area contributed by atoms with Crippen molar-refractivity contribution in [3.05, 3.63) is 0 Å². The van der Waals surface area contributed by atoms with Gasteiger partial charge in [0.05, 0.1) is 0 Å². The number of alkyl halides is 1. The van der Waals surface area contributed by atoms with E-state index in [0.29, 0.717) is 0 Å². The standard InChI is InChI=1S/C2H6ClO4P/c3-1-7-2-8(4,5)6/h1-2H2,(H2,4,5,6). The summed E-state index contributed by atoms with van der Waals surface area (Å²) in [7, 11) is -3.99. The summed E-state index contributed by atoms with van der Waals surface area (Å²) in [6.45, 7) is 0. The maximum Gasteiger partial charge on any atom is 0.351 e. The van der Waals surface area contributed by atoms with Gasteiger partial charge in [-0.15, -0.1) is 0 Å². The molecule has 0 aromatic rings. The zero-order chi connectivity index (χ0) is 6.62. The molecule has 2 N–H and O–H groups in total. The number of ether oxygens (including phenoxy) is 1. The minimum Gasteiger partial charge on any atom is -0.353 e. The van der Waals surface area contributed by atoms with Gasteiger partial charge < -0.3 is 14.5 Å². The number of hydrogen-bond acceptors (Lipinski definition) is 2. The first-order valence-electron chi connectivity index (χ1n) is 1.74. The van der Waals surface area contributed by atoms with Crippen LogP contribution < -0.4 is 0 Å². The van der Waals surface area contributed by atoms with Crippen molar-refractivity contribution >= 4 is 19.2 Å². The molecule has 8 heavy (non-hydrogen) atoms. The van der Waals surface area contributed by atoms with Gasteiger partial charge in [-0.1, -0.05) is 11.6 Å². The second-order valence-electron chi connectivity index (χ2n) is 1.11. The Kier molecular flexibility index (Phi) is 3.60. The van der Waals surface area contributed by atoms with Crippen molar-refractivity contribution in [2.24, 2.45) is 0 Å². The van der Waals surface area contributed by atoms with E-state index in [1.807, 2.05) is 0 Å². The maximum atomic E-state index is 9.90. The molecule has 0 saturated carbocycles. The normalized spacial score (nSPS) is 11.9. The second-order valence-corrected chi connectivity index (χ2v) is 2.91. The molecule has 0 atom stereocenters. The van der Waals surface area contributed by atoms with Crippen LogP contribution in [0.25, 0.3) is 0 Å². The van der Waals surface area contributed by atoms with Crippen LogP contribution in [0, 0.1) is 0 Å². The van der Waals surface area contributed by atoms with Crippen molar-refractivity contribution in [1.29, 1.82) is 0 Å². The molecule has 0 aliphatic rings. The third kappa shape index (κ3) is 6.40. The summed E-state index contributed by atoms with van der Waals surface area (Å²) in [4.78, 5) is 16.2. The average Bonchev–Trinajstić information content (AvgIpc) is 1.59. The van der Waals surface area contributed by atoms with Crippen LogP contribution in [0.4, 0.5) is 0 Å². The molecule has 4 nitrogen and oxygen atoms in total. The molecular weight excluding hydrogens is 154 g/mol. The summed E-state index contributed by atoms with van der Waals surface area (Å²) in [6.07, 6.45) is -0.601. The molecule has 50 valence electrons. The Morgan fingerprint density at radius 3 is 2.25 bits per heavy atom.